The van der Waals surface area contributed by atoms with Gasteiger partial charge in [-0.3, -0.25) is 14.5 Å². The number of rotatable bonds is 2. The summed E-state index contributed by atoms with van der Waals surface area (Å²) in [5, 5.41) is -0.167. The van der Waals surface area contributed by atoms with Gasteiger partial charge in [-0.05, 0) is 6.92 Å². The summed E-state index contributed by atoms with van der Waals surface area (Å²) in [7, 11) is 0. The SMILES string of the molecule is CC1SC(=S)N(CC(=O)N2CCOCC2)C1=O. The molecule has 2 amide bonds. The molecule has 94 valence electrons. The zero-order valence-corrected chi connectivity index (χ0v) is 11.2. The number of nitrogens with zero attached hydrogens (tertiary/aromatic N) is 2. The summed E-state index contributed by atoms with van der Waals surface area (Å²) in [6.07, 6.45) is 0. The van der Waals surface area contributed by atoms with Crippen LogP contribution in [0, 0.1) is 0 Å². The van der Waals surface area contributed by atoms with Crippen molar-refractivity contribution in [3.8, 4) is 0 Å². The predicted molar refractivity (Wildman–Crippen MR) is 68.8 cm³/mol. The number of hydrogen-bond acceptors (Lipinski definition) is 5. The van der Waals surface area contributed by atoms with Gasteiger partial charge in [0, 0.05) is 13.1 Å². The Hall–Kier alpha value is -0.660. The van der Waals surface area contributed by atoms with Gasteiger partial charge in [-0.15, -0.1) is 0 Å². The second-order valence-electron chi connectivity index (χ2n) is 3.94. The lowest BCUT2D eigenvalue weighted by molar-refractivity contribution is -0.139. The van der Waals surface area contributed by atoms with Gasteiger partial charge in [0.1, 0.15) is 10.9 Å². The molecule has 0 bridgehead atoms. The van der Waals surface area contributed by atoms with E-state index in [4.69, 9.17) is 17.0 Å². The molecule has 0 aromatic heterocycles. The van der Waals surface area contributed by atoms with Crippen molar-refractivity contribution < 1.29 is 14.3 Å². The summed E-state index contributed by atoms with van der Waals surface area (Å²) in [5.41, 5.74) is 0. The molecule has 1 atom stereocenters. The minimum absolute atomic E-state index is 0.0568. The van der Waals surface area contributed by atoms with E-state index in [1.807, 2.05) is 0 Å². The highest BCUT2D eigenvalue weighted by atomic mass is 32.2. The molecule has 2 fully saturated rings. The van der Waals surface area contributed by atoms with Gasteiger partial charge in [0.15, 0.2) is 0 Å². The van der Waals surface area contributed by atoms with Gasteiger partial charge in [0.05, 0.1) is 18.5 Å². The average Bonchev–Trinajstić information content (AvgIpc) is 2.57. The smallest absolute Gasteiger partial charge is 0.242 e. The second kappa shape index (κ2) is 5.32. The third kappa shape index (κ3) is 2.78. The summed E-state index contributed by atoms with van der Waals surface area (Å²) in [6, 6.07) is 0. The first-order valence-electron chi connectivity index (χ1n) is 5.47. The number of morpholine rings is 1. The maximum absolute atomic E-state index is 12.0. The molecule has 1 unspecified atom stereocenters. The van der Waals surface area contributed by atoms with Crippen LogP contribution in [0.5, 0.6) is 0 Å². The third-order valence-electron chi connectivity index (χ3n) is 2.77. The van der Waals surface area contributed by atoms with Gasteiger partial charge < -0.3 is 9.64 Å². The van der Waals surface area contributed by atoms with E-state index < -0.39 is 0 Å². The van der Waals surface area contributed by atoms with Crippen molar-refractivity contribution in [2.75, 3.05) is 32.8 Å². The van der Waals surface area contributed by atoms with E-state index in [2.05, 4.69) is 0 Å². The van der Waals surface area contributed by atoms with E-state index >= 15 is 0 Å². The molecule has 2 rings (SSSR count). The van der Waals surface area contributed by atoms with Gasteiger partial charge >= 0.3 is 0 Å². The summed E-state index contributed by atoms with van der Waals surface area (Å²) in [4.78, 5) is 26.8. The highest BCUT2D eigenvalue weighted by molar-refractivity contribution is 8.24. The highest BCUT2D eigenvalue weighted by Gasteiger charge is 2.35. The average molecular weight is 274 g/mol. The fourth-order valence-corrected chi connectivity index (χ4v) is 3.16. The number of carbonyl (C=O) groups is 2. The first-order chi connectivity index (χ1) is 8.09. The van der Waals surface area contributed by atoms with Crippen LogP contribution in [0.4, 0.5) is 0 Å². The molecule has 0 radical (unpaired) electrons. The maximum Gasteiger partial charge on any atom is 0.242 e. The topological polar surface area (TPSA) is 49.9 Å². The molecular weight excluding hydrogens is 260 g/mol. The Morgan fingerprint density at radius 1 is 1.53 bits per heavy atom. The molecule has 2 aliphatic heterocycles. The molecule has 2 aliphatic rings. The van der Waals surface area contributed by atoms with Crippen LogP contribution >= 0.6 is 24.0 Å². The Balaban J connectivity index is 1.94. The van der Waals surface area contributed by atoms with E-state index in [9.17, 15) is 9.59 Å². The van der Waals surface area contributed by atoms with Crippen molar-refractivity contribution >= 4 is 40.1 Å². The Morgan fingerprint density at radius 3 is 2.71 bits per heavy atom. The summed E-state index contributed by atoms with van der Waals surface area (Å²) in [5.74, 6) is -0.125. The number of amides is 2. The lowest BCUT2D eigenvalue weighted by Gasteiger charge is -2.28. The monoisotopic (exact) mass is 274 g/mol. The van der Waals surface area contributed by atoms with Crippen molar-refractivity contribution in [2.24, 2.45) is 0 Å². The van der Waals surface area contributed by atoms with Crippen molar-refractivity contribution in [3.05, 3.63) is 0 Å². The second-order valence-corrected chi connectivity index (χ2v) is 5.92. The Morgan fingerprint density at radius 2 is 2.18 bits per heavy atom. The lowest BCUT2D eigenvalue weighted by Crippen LogP contribution is -2.47. The van der Waals surface area contributed by atoms with Gasteiger partial charge in [-0.1, -0.05) is 24.0 Å². The van der Waals surface area contributed by atoms with E-state index in [1.54, 1.807) is 11.8 Å². The standard InChI is InChI=1S/C10H14N2O3S2/c1-7-9(14)12(10(16)17-7)6-8(13)11-2-4-15-5-3-11/h7H,2-6H2,1H3. The van der Waals surface area contributed by atoms with Gasteiger partial charge in [-0.2, -0.15) is 0 Å². The Kier molecular flexibility index (Phi) is 4.01. The Labute approximate surface area is 109 Å². The minimum Gasteiger partial charge on any atom is -0.378 e. The van der Waals surface area contributed by atoms with Crippen LogP contribution in [-0.2, 0) is 14.3 Å². The summed E-state index contributed by atoms with van der Waals surface area (Å²) >= 11 is 6.42. The molecule has 0 saturated carbocycles. The van der Waals surface area contributed by atoms with Crippen molar-refractivity contribution in [2.45, 2.75) is 12.2 Å². The van der Waals surface area contributed by atoms with Crippen LogP contribution in [-0.4, -0.2) is 64.0 Å². The molecule has 7 heteroatoms. The fourth-order valence-electron chi connectivity index (χ4n) is 1.77. The quantitative estimate of drug-likeness (QED) is 0.668. The molecule has 0 N–H and O–H groups in total. The normalized spacial score (nSPS) is 25.6. The van der Waals surface area contributed by atoms with Crippen LogP contribution in [0.1, 0.15) is 6.92 Å². The molecule has 0 spiro atoms. The number of ether oxygens (including phenoxy) is 1. The van der Waals surface area contributed by atoms with Crippen molar-refractivity contribution in [1.82, 2.24) is 9.80 Å². The number of thioether (sulfide) groups is 1. The van der Waals surface area contributed by atoms with Crippen molar-refractivity contribution in [1.29, 1.82) is 0 Å². The molecular formula is C10H14N2O3S2. The molecule has 2 saturated heterocycles. The largest absolute Gasteiger partial charge is 0.378 e. The van der Waals surface area contributed by atoms with E-state index in [1.165, 1.54) is 16.7 Å². The van der Waals surface area contributed by atoms with Crippen LogP contribution in [0.3, 0.4) is 0 Å². The fraction of sp³-hybridized carbons (Fsp3) is 0.700. The molecule has 0 aromatic carbocycles. The van der Waals surface area contributed by atoms with Gasteiger partial charge in [0.2, 0.25) is 11.8 Å². The van der Waals surface area contributed by atoms with E-state index in [0.717, 1.165) is 0 Å². The highest BCUT2D eigenvalue weighted by Crippen LogP contribution is 2.26. The van der Waals surface area contributed by atoms with Crippen LogP contribution < -0.4 is 0 Å². The molecule has 5 nitrogen and oxygen atoms in total. The first-order valence-corrected chi connectivity index (χ1v) is 6.76. The zero-order chi connectivity index (χ0) is 12.4. The molecule has 2 heterocycles. The van der Waals surface area contributed by atoms with Crippen LogP contribution in [0.25, 0.3) is 0 Å². The predicted octanol–water partition coefficient (Wildman–Crippen LogP) is 0.0940. The van der Waals surface area contributed by atoms with Gasteiger partial charge in [-0.25, -0.2) is 0 Å². The minimum atomic E-state index is -0.167. The van der Waals surface area contributed by atoms with Crippen LogP contribution in [0.15, 0.2) is 0 Å². The molecule has 0 aromatic rings. The van der Waals surface area contributed by atoms with Crippen molar-refractivity contribution in [3.63, 3.8) is 0 Å². The summed E-state index contributed by atoms with van der Waals surface area (Å²) < 4.78 is 5.68. The first kappa shape index (κ1) is 12.8. The summed E-state index contributed by atoms with van der Waals surface area (Å²) in [6.45, 7) is 4.19. The number of hydrogen-bond donors (Lipinski definition) is 0. The number of carbonyl (C=O) groups excluding carboxylic acids is 2. The van der Waals surface area contributed by atoms with Crippen LogP contribution in [0.2, 0.25) is 0 Å². The van der Waals surface area contributed by atoms with Gasteiger partial charge in [0.25, 0.3) is 0 Å². The maximum atomic E-state index is 12.0. The Bertz CT molecular complexity index is 355. The molecule has 17 heavy (non-hydrogen) atoms. The zero-order valence-electron chi connectivity index (χ0n) is 9.55. The number of thiocarbonyl (C=S) groups is 1. The lowest BCUT2D eigenvalue weighted by atomic mass is 10.3. The third-order valence-corrected chi connectivity index (χ3v) is 4.26. The molecule has 0 aliphatic carbocycles. The van der Waals surface area contributed by atoms with E-state index in [0.29, 0.717) is 30.6 Å². The van der Waals surface area contributed by atoms with E-state index in [-0.39, 0.29) is 23.6 Å².